The maximum Gasteiger partial charge on any atom is 0.264 e. The maximum absolute atomic E-state index is 12.6. The van der Waals surface area contributed by atoms with Crippen LogP contribution < -0.4 is 4.31 Å². The van der Waals surface area contributed by atoms with Crippen molar-refractivity contribution < 1.29 is 13.5 Å². The molecule has 1 aliphatic heterocycles. The Hall–Kier alpha value is -2.01. The van der Waals surface area contributed by atoms with E-state index in [0.717, 1.165) is 11.3 Å². The lowest BCUT2D eigenvalue weighted by Crippen LogP contribution is -2.29. The summed E-state index contributed by atoms with van der Waals surface area (Å²) >= 11 is 0. The monoisotopic (exact) mass is 275 g/mol. The minimum Gasteiger partial charge on any atom is -0.508 e. The van der Waals surface area contributed by atoms with Gasteiger partial charge in [-0.3, -0.25) is 4.31 Å². The zero-order valence-electron chi connectivity index (χ0n) is 10.2. The van der Waals surface area contributed by atoms with E-state index in [2.05, 4.69) is 0 Å². The van der Waals surface area contributed by atoms with Crippen LogP contribution in [0.15, 0.2) is 53.4 Å². The molecule has 19 heavy (non-hydrogen) atoms. The maximum atomic E-state index is 12.6. The van der Waals surface area contributed by atoms with Gasteiger partial charge in [-0.05, 0) is 30.2 Å². The first-order valence-corrected chi connectivity index (χ1v) is 7.43. The highest BCUT2D eigenvalue weighted by Gasteiger charge is 2.30. The summed E-state index contributed by atoms with van der Waals surface area (Å²) in [7, 11) is -3.60. The molecule has 0 bridgehead atoms. The summed E-state index contributed by atoms with van der Waals surface area (Å²) in [5.41, 5.74) is 1.76. The molecule has 0 aliphatic carbocycles. The molecule has 1 aliphatic rings. The Morgan fingerprint density at radius 2 is 1.84 bits per heavy atom. The summed E-state index contributed by atoms with van der Waals surface area (Å²) in [4.78, 5) is 0.115. The van der Waals surface area contributed by atoms with Crippen LogP contribution in [0, 0.1) is 0 Å². The van der Waals surface area contributed by atoms with Gasteiger partial charge in [-0.1, -0.05) is 24.3 Å². The molecule has 3 rings (SSSR count). The lowest BCUT2D eigenvalue weighted by Gasteiger charge is -2.19. The van der Waals surface area contributed by atoms with Crippen molar-refractivity contribution >= 4 is 15.7 Å². The molecule has 5 heteroatoms. The van der Waals surface area contributed by atoms with Gasteiger partial charge in [0.2, 0.25) is 0 Å². The van der Waals surface area contributed by atoms with Crippen LogP contribution >= 0.6 is 0 Å². The summed E-state index contributed by atoms with van der Waals surface area (Å²) in [6, 6.07) is 13.2. The molecule has 2 aromatic rings. The molecule has 0 fully saturated rings. The van der Waals surface area contributed by atoms with E-state index < -0.39 is 10.0 Å². The standard InChI is InChI=1S/C14H13NO3S/c16-12-5-3-6-13(10-12)19(17,18)15-9-8-11-4-1-2-7-14(11)15/h1-7,10,16H,8-9H2. The number of para-hydroxylation sites is 1. The predicted octanol–water partition coefficient (Wildman–Crippen LogP) is 2.14. The van der Waals surface area contributed by atoms with Gasteiger partial charge in [0.05, 0.1) is 10.6 Å². The van der Waals surface area contributed by atoms with Crippen LogP contribution in [0.1, 0.15) is 5.56 Å². The van der Waals surface area contributed by atoms with Gasteiger partial charge in [-0.25, -0.2) is 8.42 Å². The molecule has 0 unspecified atom stereocenters. The molecule has 0 saturated carbocycles. The number of phenolic OH excluding ortho intramolecular Hbond substituents is 1. The summed E-state index contributed by atoms with van der Waals surface area (Å²) in [5.74, 6) is -0.0476. The van der Waals surface area contributed by atoms with Crippen molar-refractivity contribution in [2.24, 2.45) is 0 Å². The van der Waals surface area contributed by atoms with Crippen molar-refractivity contribution in [1.29, 1.82) is 0 Å². The molecule has 2 aromatic carbocycles. The molecule has 0 saturated heterocycles. The number of phenols is 1. The first kappa shape index (κ1) is 12.0. The van der Waals surface area contributed by atoms with Crippen LogP contribution in [-0.2, 0) is 16.4 Å². The Bertz CT molecular complexity index is 725. The molecule has 0 radical (unpaired) electrons. The largest absolute Gasteiger partial charge is 0.508 e. The van der Waals surface area contributed by atoms with Gasteiger partial charge >= 0.3 is 0 Å². The summed E-state index contributed by atoms with van der Waals surface area (Å²) in [6.45, 7) is 0.442. The van der Waals surface area contributed by atoms with Crippen molar-refractivity contribution in [3.8, 4) is 5.75 Å². The molecule has 0 spiro atoms. The minimum atomic E-state index is -3.60. The fourth-order valence-corrected chi connectivity index (χ4v) is 3.87. The van der Waals surface area contributed by atoms with Gasteiger partial charge < -0.3 is 5.11 Å². The minimum absolute atomic E-state index is 0.0476. The molecule has 98 valence electrons. The third-order valence-electron chi connectivity index (χ3n) is 3.25. The van der Waals surface area contributed by atoms with Gasteiger partial charge in [0.15, 0.2) is 0 Å². The van der Waals surface area contributed by atoms with E-state index >= 15 is 0 Å². The van der Waals surface area contributed by atoms with E-state index in [4.69, 9.17) is 0 Å². The second-order valence-corrected chi connectivity index (χ2v) is 6.32. The fraction of sp³-hybridized carbons (Fsp3) is 0.143. The molecular weight excluding hydrogens is 262 g/mol. The number of nitrogens with zero attached hydrogens (tertiary/aromatic N) is 1. The third-order valence-corrected chi connectivity index (χ3v) is 5.06. The summed E-state index contributed by atoms with van der Waals surface area (Å²) in [5, 5.41) is 9.43. The average molecular weight is 275 g/mol. The van der Waals surface area contributed by atoms with Crippen LogP contribution in [0.2, 0.25) is 0 Å². The van der Waals surface area contributed by atoms with Crippen LogP contribution in [0.25, 0.3) is 0 Å². The molecule has 1 N–H and O–H groups in total. The molecular formula is C14H13NO3S. The second-order valence-electron chi connectivity index (χ2n) is 4.45. The molecule has 1 heterocycles. The Labute approximate surface area is 112 Å². The van der Waals surface area contributed by atoms with Crippen LogP contribution in [-0.4, -0.2) is 20.1 Å². The van der Waals surface area contributed by atoms with Gasteiger partial charge in [0.25, 0.3) is 10.0 Å². The topological polar surface area (TPSA) is 57.6 Å². The number of sulfonamides is 1. The number of hydrogen-bond donors (Lipinski definition) is 1. The third kappa shape index (κ3) is 1.96. The van der Waals surface area contributed by atoms with Crippen molar-refractivity contribution in [2.75, 3.05) is 10.8 Å². The number of benzene rings is 2. The highest BCUT2D eigenvalue weighted by Crippen LogP contribution is 2.33. The predicted molar refractivity (Wildman–Crippen MR) is 72.8 cm³/mol. The lowest BCUT2D eigenvalue weighted by atomic mass is 10.2. The van der Waals surface area contributed by atoms with Crippen LogP contribution in [0.4, 0.5) is 5.69 Å². The zero-order valence-corrected chi connectivity index (χ0v) is 11.0. The van der Waals surface area contributed by atoms with Gasteiger partial charge in [-0.15, -0.1) is 0 Å². The number of fused-ring (bicyclic) bond motifs is 1. The lowest BCUT2D eigenvalue weighted by molar-refractivity contribution is 0.473. The molecule has 4 nitrogen and oxygen atoms in total. The van der Waals surface area contributed by atoms with Crippen LogP contribution in [0.3, 0.4) is 0 Å². The smallest absolute Gasteiger partial charge is 0.264 e. The Morgan fingerprint density at radius 3 is 2.63 bits per heavy atom. The Kier molecular flexibility index (Phi) is 2.71. The van der Waals surface area contributed by atoms with E-state index in [9.17, 15) is 13.5 Å². The molecule has 0 atom stereocenters. The SMILES string of the molecule is O=S(=O)(c1cccc(O)c1)N1CCc2ccccc21. The van der Waals surface area contributed by atoms with E-state index in [1.165, 1.54) is 28.6 Å². The first-order valence-electron chi connectivity index (χ1n) is 5.99. The summed E-state index contributed by atoms with van der Waals surface area (Å²) in [6.07, 6.45) is 0.716. The molecule has 0 aromatic heterocycles. The van der Waals surface area contributed by atoms with Crippen molar-refractivity contribution in [3.05, 3.63) is 54.1 Å². The van der Waals surface area contributed by atoms with Gasteiger partial charge in [0, 0.05) is 12.6 Å². The second kappa shape index (κ2) is 4.28. The quantitative estimate of drug-likeness (QED) is 0.913. The van der Waals surface area contributed by atoms with Crippen molar-refractivity contribution in [1.82, 2.24) is 0 Å². The van der Waals surface area contributed by atoms with Gasteiger partial charge in [-0.2, -0.15) is 0 Å². The van der Waals surface area contributed by atoms with Gasteiger partial charge in [0.1, 0.15) is 5.75 Å². The summed E-state index contributed by atoms with van der Waals surface area (Å²) < 4.78 is 26.5. The highest BCUT2D eigenvalue weighted by molar-refractivity contribution is 7.92. The zero-order chi connectivity index (χ0) is 13.5. The number of rotatable bonds is 2. The highest BCUT2D eigenvalue weighted by atomic mass is 32.2. The number of aromatic hydroxyl groups is 1. The van der Waals surface area contributed by atoms with E-state index in [1.54, 1.807) is 0 Å². The fourth-order valence-electron chi connectivity index (χ4n) is 2.33. The van der Waals surface area contributed by atoms with Crippen LogP contribution in [0.5, 0.6) is 5.75 Å². The molecule has 0 amide bonds. The van der Waals surface area contributed by atoms with Crippen molar-refractivity contribution in [3.63, 3.8) is 0 Å². The van der Waals surface area contributed by atoms with E-state index in [0.29, 0.717) is 13.0 Å². The first-order chi connectivity index (χ1) is 9.09. The number of hydrogen-bond acceptors (Lipinski definition) is 3. The van der Waals surface area contributed by atoms with Crippen molar-refractivity contribution in [2.45, 2.75) is 11.3 Å². The van der Waals surface area contributed by atoms with E-state index in [1.807, 2.05) is 24.3 Å². The Morgan fingerprint density at radius 1 is 1.05 bits per heavy atom. The average Bonchev–Trinajstić information content (AvgIpc) is 2.83. The number of anilines is 1. The Balaban J connectivity index is 2.08. The normalized spacial score (nSPS) is 14.4. The van der Waals surface area contributed by atoms with E-state index in [-0.39, 0.29) is 10.6 Å².